The first-order valence-electron chi connectivity index (χ1n) is 6.53. The van der Waals surface area contributed by atoms with Crippen LogP contribution >= 0.6 is 11.3 Å². The standard InChI is InChI=1S/C13H21N3S/c1-14-12(9-11-3-2-8-17-11)13-10-15-4-6-16(13)7-5-15/h2-3,8,12-14H,4-7,9-10H2,1H3. The van der Waals surface area contributed by atoms with Gasteiger partial charge in [-0.2, -0.15) is 0 Å². The fraction of sp³-hybridized carbons (Fsp3) is 0.692. The van der Waals surface area contributed by atoms with Gasteiger partial charge in [0.15, 0.2) is 0 Å². The average molecular weight is 251 g/mol. The Morgan fingerprint density at radius 3 is 2.76 bits per heavy atom. The zero-order chi connectivity index (χ0) is 11.7. The molecule has 94 valence electrons. The Balaban J connectivity index is 1.68. The van der Waals surface area contributed by atoms with Gasteiger partial charge in [-0.15, -0.1) is 11.3 Å². The number of likely N-dealkylation sites (N-methyl/N-ethyl adjacent to an activating group) is 1. The Morgan fingerprint density at radius 1 is 1.41 bits per heavy atom. The number of hydrogen-bond donors (Lipinski definition) is 1. The van der Waals surface area contributed by atoms with E-state index in [9.17, 15) is 0 Å². The van der Waals surface area contributed by atoms with Gasteiger partial charge in [-0.25, -0.2) is 0 Å². The van der Waals surface area contributed by atoms with Crippen LogP contribution in [0, 0.1) is 0 Å². The van der Waals surface area contributed by atoms with Crippen LogP contribution in [0.5, 0.6) is 0 Å². The maximum atomic E-state index is 3.53. The van der Waals surface area contributed by atoms with E-state index in [0.717, 1.165) is 0 Å². The summed E-state index contributed by atoms with van der Waals surface area (Å²) in [7, 11) is 2.11. The Hall–Kier alpha value is -0.420. The van der Waals surface area contributed by atoms with Crippen molar-refractivity contribution in [3.8, 4) is 0 Å². The van der Waals surface area contributed by atoms with E-state index in [2.05, 4.69) is 39.7 Å². The van der Waals surface area contributed by atoms with Gasteiger partial charge in [0.25, 0.3) is 0 Å². The minimum absolute atomic E-state index is 0.594. The molecule has 1 aromatic rings. The largest absolute Gasteiger partial charge is 0.315 e. The second-order valence-corrected chi connectivity index (χ2v) is 6.11. The molecule has 0 radical (unpaired) electrons. The van der Waals surface area contributed by atoms with Gasteiger partial charge in [-0.1, -0.05) is 6.07 Å². The molecule has 4 heterocycles. The van der Waals surface area contributed by atoms with Gasteiger partial charge in [0.1, 0.15) is 0 Å². The van der Waals surface area contributed by atoms with Crippen molar-refractivity contribution in [1.82, 2.24) is 15.1 Å². The van der Waals surface area contributed by atoms with Crippen LogP contribution < -0.4 is 5.32 Å². The number of fused-ring (bicyclic) bond motifs is 3. The minimum Gasteiger partial charge on any atom is -0.315 e. The van der Waals surface area contributed by atoms with Crippen LogP contribution in [0.15, 0.2) is 17.5 Å². The van der Waals surface area contributed by atoms with E-state index < -0.39 is 0 Å². The molecule has 0 spiro atoms. The molecule has 2 unspecified atom stereocenters. The quantitative estimate of drug-likeness (QED) is 0.857. The Bertz CT molecular complexity index is 344. The highest BCUT2D eigenvalue weighted by molar-refractivity contribution is 7.09. The third-order valence-corrected chi connectivity index (χ3v) is 5.06. The summed E-state index contributed by atoms with van der Waals surface area (Å²) < 4.78 is 0. The van der Waals surface area contributed by atoms with Crippen LogP contribution in [-0.2, 0) is 6.42 Å². The van der Waals surface area contributed by atoms with Crippen LogP contribution in [0.2, 0.25) is 0 Å². The normalized spacial score (nSPS) is 33.8. The van der Waals surface area contributed by atoms with E-state index in [4.69, 9.17) is 0 Å². The predicted octanol–water partition coefficient (Wildman–Crippen LogP) is 0.878. The van der Waals surface area contributed by atoms with Gasteiger partial charge in [0.2, 0.25) is 0 Å². The minimum atomic E-state index is 0.594. The lowest BCUT2D eigenvalue weighted by Crippen LogP contribution is -2.66. The number of nitrogens with one attached hydrogen (secondary N) is 1. The molecule has 3 aliphatic rings. The van der Waals surface area contributed by atoms with Gasteiger partial charge < -0.3 is 5.32 Å². The molecule has 4 rings (SSSR count). The third-order valence-electron chi connectivity index (χ3n) is 4.16. The summed E-state index contributed by atoms with van der Waals surface area (Å²) >= 11 is 1.88. The molecule has 0 saturated carbocycles. The smallest absolute Gasteiger partial charge is 0.0381 e. The van der Waals surface area contributed by atoms with E-state index in [-0.39, 0.29) is 0 Å². The second kappa shape index (κ2) is 5.06. The van der Waals surface area contributed by atoms with Crippen LogP contribution in [0.4, 0.5) is 0 Å². The Morgan fingerprint density at radius 2 is 2.24 bits per heavy atom. The van der Waals surface area contributed by atoms with Crippen LogP contribution in [-0.4, -0.2) is 61.7 Å². The summed E-state index contributed by atoms with van der Waals surface area (Å²) in [6, 6.07) is 5.70. The molecule has 17 heavy (non-hydrogen) atoms. The van der Waals surface area contributed by atoms with Crippen molar-refractivity contribution in [2.75, 3.05) is 39.8 Å². The Kier molecular flexibility index (Phi) is 3.47. The number of hydrogen-bond acceptors (Lipinski definition) is 4. The highest BCUT2D eigenvalue weighted by atomic mass is 32.1. The fourth-order valence-corrected chi connectivity index (χ4v) is 3.88. The van der Waals surface area contributed by atoms with Crippen molar-refractivity contribution >= 4 is 11.3 Å². The maximum absolute atomic E-state index is 3.53. The molecule has 2 bridgehead atoms. The molecule has 4 heteroatoms. The van der Waals surface area contributed by atoms with Crippen LogP contribution in [0.3, 0.4) is 0 Å². The first kappa shape index (κ1) is 11.7. The first-order chi connectivity index (χ1) is 8.36. The van der Waals surface area contributed by atoms with Gasteiger partial charge in [-0.3, -0.25) is 9.80 Å². The van der Waals surface area contributed by atoms with E-state index in [1.54, 1.807) is 0 Å². The molecule has 0 aliphatic carbocycles. The van der Waals surface area contributed by atoms with Crippen molar-refractivity contribution in [3.05, 3.63) is 22.4 Å². The van der Waals surface area contributed by atoms with E-state index in [1.165, 1.54) is 44.0 Å². The lowest BCUT2D eigenvalue weighted by Gasteiger charge is -2.50. The van der Waals surface area contributed by atoms with Crippen molar-refractivity contribution < 1.29 is 0 Å². The summed E-state index contributed by atoms with van der Waals surface area (Å²) in [5.41, 5.74) is 0. The molecule has 1 aromatic heterocycles. The fourth-order valence-electron chi connectivity index (χ4n) is 3.12. The summed E-state index contributed by atoms with van der Waals surface area (Å²) in [4.78, 5) is 6.79. The SMILES string of the molecule is CNC(Cc1cccs1)C1CN2CCN1CC2. The molecule has 1 N–H and O–H groups in total. The monoisotopic (exact) mass is 251 g/mol. The summed E-state index contributed by atoms with van der Waals surface area (Å²) in [5.74, 6) is 0. The number of rotatable bonds is 4. The lowest BCUT2D eigenvalue weighted by atomic mass is 9.97. The molecule has 3 nitrogen and oxygen atoms in total. The highest BCUT2D eigenvalue weighted by Gasteiger charge is 2.36. The average Bonchev–Trinajstić information content (AvgIpc) is 2.90. The van der Waals surface area contributed by atoms with Crippen molar-refractivity contribution in [1.29, 1.82) is 0 Å². The van der Waals surface area contributed by atoms with Gasteiger partial charge in [0, 0.05) is 49.7 Å². The topological polar surface area (TPSA) is 18.5 Å². The highest BCUT2D eigenvalue weighted by Crippen LogP contribution is 2.21. The second-order valence-electron chi connectivity index (χ2n) is 5.08. The zero-order valence-electron chi connectivity index (χ0n) is 10.4. The molecule has 3 saturated heterocycles. The summed E-state index contributed by atoms with van der Waals surface area (Å²) in [6.45, 7) is 6.30. The molecule has 3 aliphatic heterocycles. The number of piperazine rings is 3. The first-order valence-corrected chi connectivity index (χ1v) is 7.41. The number of nitrogens with zero attached hydrogens (tertiary/aromatic N) is 2. The lowest BCUT2D eigenvalue weighted by molar-refractivity contribution is -0.00191. The van der Waals surface area contributed by atoms with Gasteiger partial charge in [-0.05, 0) is 24.9 Å². The van der Waals surface area contributed by atoms with Crippen molar-refractivity contribution in [2.24, 2.45) is 0 Å². The predicted molar refractivity (Wildman–Crippen MR) is 72.7 cm³/mol. The summed E-state index contributed by atoms with van der Waals surface area (Å²) in [6.07, 6.45) is 1.17. The van der Waals surface area contributed by atoms with E-state index >= 15 is 0 Å². The summed E-state index contributed by atoms with van der Waals surface area (Å²) in [5, 5.41) is 5.71. The zero-order valence-corrected chi connectivity index (χ0v) is 11.2. The molecule has 3 fully saturated rings. The molecule has 2 atom stereocenters. The van der Waals surface area contributed by atoms with E-state index in [0.29, 0.717) is 12.1 Å². The van der Waals surface area contributed by atoms with E-state index in [1.807, 2.05) is 11.3 Å². The maximum Gasteiger partial charge on any atom is 0.0381 e. The van der Waals surface area contributed by atoms with Gasteiger partial charge >= 0.3 is 0 Å². The van der Waals surface area contributed by atoms with Crippen molar-refractivity contribution in [3.63, 3.8) is 0 Å². The van der Waals surface area contributed by atoms with Crippen LogP contribution in [0.1, 0.15) is 4.88 Å². The molecule has 0 aromatic carbocycles. The molecular formula is C13H21N3S. The molecular weight excluding hydrogens is 230 g/mol. The van der Waals surface area contributed by atoms with Crippen molar-refractivity contribution in [2.45, 2.75) is 18.5 Å². The number of thiophene rings is 1. The Labute approximate surface area is 107 Å². The van der Waals surface area contributed by atoms with Crippen LogP contribution in [0.25, 0.3) is 0 Å². The van der Waals surface area contributed by atoms with Gasteiger partial charge in [0.05, 0.1) is 0 Å². The molecule has 0 amide bonds. The third kappa shape index (κ3) is 2.40.